The van der Waals surface area contributed by atoms with Crippen molar-refractivity contribution in [3.8, 4) is 0 Å². The number of para-hydroxylation sites is 1. The minimum absolute atomic E-state index is 0.772. The molecular weight excluding hydrogens is 190 g/mol. The molecule has 0 unspecified atom stereocenters. The smallest absolute Gasteiger partial charge is 0.416 e. The number of aryl methyl sites for hydroxylation is 1. The lowest BCUT2D eigenvalue weighted by Crippen LogP contribution is -2.11. The van der Waals surface area contributed by atoms with Gasteiger partial charge in [-0.1, -0.05) is 31.5 Å². The second-order valence-corrected chi connectivity index (χ2v) is 3.56. The van der Waals surface area contributed by atoms with Crippen LogP contribution in [0.15, 0.2) is 30.3 Å². The molecule has 0 saturated carbocycles. The Morgan fingerprint density at radius 2 is 2.13 bits per heavy atom. The standard InChI is InChI=1S/C12H13NO2/c1-2-5-10-8-9-6-3-4-7-11(9)13(10)12(14)15/h3-4,6-8H,2,5H2,1H3,(H,14,15). The molecule has 1 N–H and O–H groups in total. The van der Waals surface area contributed by atoms with Crippen molar-refractivity contribution in [3.63, 3.8) is 0 Å². The van der Waals surface area contributed by atoms with E-state index in [1.54, 1.807) is 0 Å². The minimum atomic E-state index is -0.903. The van der Waals surface area contributed by atoms with Crippen LogP contribution >= 0.6 is 0 Å². The first-order valence-electron chi connectivity index (χ1n) is 5.06. The molecule has 0 amide bonds. The highest BCUT2D eigenvalue weighted by Crippen LogP contribution is 2.20. The van der Waals surface area contributed by atoms with E-state index in [0.717, 1.165) is 29.4 Å². The highest BCUT2D eigenvalue weighted by molar-refractivity contribution is 5.90. The van der Waals surface area contributed by atoms with E-state index < -0.39 is 6.09 Å². The Morgan fingerprint density at radius 1 is 1.40 bits per heavy atom. The summed E-state index contributed by atoms with van der Waals surface area (Å²) in [6.45, 7) is 2.05. The Bertz CT molecular complexity index is 499. The molecule has 0 aliphatic rings. The minimum Gasteiger partial charge on any atom is -0.464 e. The van der Waals surface area contributed by atoms with Crippen molar-refractivity contribution in [3.05, 3.63) is 36.0 Å². The van der Waals surface area contributed by atoms with Crippen LogP contribution in [-0.4, -0.2) is 15.8 Å². The molecular formula is C12H13NO2. The average molecular weight is 203 g/mol. The van der Waals surface area contributed by atoms with Gasteiger partial charge in [-0.25, -0.2) is 9.36 Å². The van der Waals surface area contributed by atoms with Gasteiger partial charge < -0.3 is 5.11 Å². The van der Waals surface area contributed by atoms with Gasteiger partial charge in [-0.3, -0.25) is 0 Å². The second-order valence-electron chi connectivity index (χ2n) is 3.56. The summed E-state index contributed by atoms with van der Waals surface area (Å²) < 4.78 is 1.37. The van der Waals surface area contributed by atoms with Crippen molar-refractivity contribution in [1.82, 2.24) is 4.57 Å². The third-order valence-corrected chi connectivity index (χ3v) is 2.48. The maximum atomic E-state index is 11.1. The number of nitrogens with zero attached hydrogens (tertiary/aromatic N) is 1. The number of benzene rings is 1. The van der Waals surface area contributed by atoms with E-state index in [9.17, 15) is 4.79 Å². The van der Waals surface area contributed by atoms with E-state index in [1.165, 1.54) is 4.57 Å². The fraction of sp³-hybridized carbons (Fsp3) is 0.250. The van der Waals surface area contributed by atoms with Gasteiger partial charge in [0, 0.05) is 11.1 Å². The fourth-order valence-electron chi connectivity index (χ4n) is 1.88. The van der Waals surface area contributed by atoms with Crippen LogP contribution < -0.4 is 0 Å². The first-order chi connectivity index (χ1) is 7.24. The van der Waals surface area contributed by atoms with Crippen LogP contribution in [0.3, 0.4) is 0 Å². The largest absolute Gasteiger partial charge is 0.464 e. The van der Waals surface area contributed by atoms with Crippen molar-refractivity contribution in [2.75, 3.05) is 0 Å². The van der Waals surface area contributed by atoms with Gasteiger partial charge in [-0.2, -0.15) is 0 Å². The fourth-order valence-corrected chi connectivity index (χ4v) is 1.88. The van der Waals surface area contributed by atoms with Crippen LogP contribution in [0, 0.1) is 0 Å². The normalized spacial score (nSPS) is 10.7. The van der Waals surface area contributed by atoms with E-state index in [-0.39, 0.29) is 0 Å². The van der Waals surface area contributed by atoms with Gasteiger partial charge in [0.2, 0.25) is 0 Å². The Morgan fingerprint density at radius 3 is 2.80 bits per heavy atom. The molecule has 0 atom stereocenters. The monoisotopic (exact) mass is 203 g/mol. The molecule has 1 aromatic heterocycles. The summed E-state index contributed by atoms with van der Waals surface area (Å²) in [5, 5.41) is 10.1. The number of carboxylic acid groups (broad SMARTS) is 1. The molecule has 0 spiro atoms. The van der Waals surface area contributed by atoms with Crippen LogP contribution in [0.5, 0.6) is 0 Å². The van der Waals surface area contributed by atoms with Crippen molar-refractivity contribution >= 4 is 17.0 Å². The number of carbonyl (C=O) groups is 1. The van der Waals surface area contributed by atoms with Crippen molar-refractivity contribution in [1.29, 1.82) is 0 Å². The molecule has 0 aliphatic carbocycles. The summed E-state index contributed by atoms with van der Waals surface area (Å²) >= 11 is 0. The van der Waals surface area contributed by atoms with E-state index >= 15 is 0 Å². The molecule has 3 heteroatoms. The van der Waals surface area contributed by atoms with Gasteiger partial charge in [0.1, 0.15) is 0 Å². The highest BCUT2D eigenvalue weighted by atomic mass is 16.4. The zero-order chi connectivity index (χ0) is 10.8. The third-order valence-electron chi connectivity index (χ3n) is 2.48. The Balaban J connectivity index is 2.69. The average Bonchev–Trinajstić information content (AvgIpc) is 2.56. The number of fused-ring (bicyclic) bond motifs is 1. The quantitative estimate of drug-likeness (QED) is 0.814. The number of aromatic nitrogens is 1. The highest BCUT2D eigenvalue weighted by Gasteiger charge is 2.12. The molecule has 15 heavy (non-hydrogen) atoms. The molecule has 0 saturated heterocycles. The third kappa shape index (κ3) is 1.61. The summed E-state index contributed by atoms with van der Waals surface area (Å²) in [6, 6.07) is 9.51. The molecule has 1 aromatic carbocycles. The summed E-state index contributed by atoms with van der Waals surface area (Å²) in [5.74, 6) is 0. The van der Waals surface area contributed by atoms with Gasteiger partial charge in [-0.05, 0) is 18.6 Å². The summed E-state index contributed by atoms with van der Waals surface area (Å²) in [6.07, 6.45) is 0.838. The zero-order valence-electron chi connectivity index (χ0n) is 8.60. The molecule has 0 radical (unpaired) electrons. The van der Waals surface area contributed by atoms with E-state index in [1.807, 2.05) is 37.3 Å². The van der Waals surface area contributed by atoms with Crippen LogP contribution in [0.25, 0.3) is 10.9 Å². The number of hydrogen-bond acceptors (Lipinski definition) is 1. The molecule has 0 fully saturated rings. The lowest BCUT2D eigenvalue weighted by Gasteiger charge is -2.02. The first-order valence-corrected chi connectivity index (χ1v) is 5.06. The van der Waals surface area contributed by atoms with Crippen LogP contribution in [0.4, 0.5) is 4.79 Å². The molecule has 0 aliphatic heterocycles. The number of rotatable bonds is 2. The molecule has 1 heterocycles. The molecule has 0 bridgehead atoms. The lowest BCUT2D eigenvalue weighted by atomic mass is 10.2. The van der Waals surface area contributed by atoms with Gasteiger partial charge in [0.25, 0.3) is 0 Å². The zero-order valence-corrected chi connectivity index (χ0v) is 8.60. The van der Waals surface area contributed by atoms with Gasteiger partial charge >= 0.3 is 6.09 Å². The van der Waals surface area contributed by atoms with E-state index in [2.05, 4.69) is 0 Å². The molecule has 78 valence electrons. The summed E-state index contributed by atoms with van der Waals surface area (Å²) in [5.41, 5.74) is 1.64. The molecule has 2 aromatic rings. The van der Waals surface area contributed by atoms with Crippen molar-refractivity contribution in [2.45, 2.75) is 19.8 Å². The number of hydrogen-bond donors (Lipinski definition) is 1. The molecule has 2 rings (SSSR count). The predicted octanol–water partition coefficient (Wildman–Crippen LogP) is 3.12. The Kier molecular flexibility index (Phi) is 2.46. The van der Waals surface area contributed by atoms with Crippen molar-refractivity contribution < 1.29 is 9.90 Å². The van der Waals surface area contributed by atoms with Gasteiger partial charge in [0.05, 0.1) is 5.52 Å². The van der Waals surface area contributed by atoms with Gasteiger partial charge in [0.15, 0.2) is 0 Å². The Labute approximate surface area is 87.9 Å². The topological polar surface area (TPSA) is 42.2 Å². The SMILES string of the molecule is CCCc1cc2ccccc2n1C(=O)O. The van der Waals surface area contributed by atoms with Crippen molar-refractivity contribution in [2.24, 2.45) is 0 Å². The second kappa shape index (κ2) is 3.77. The van der Waals surface area contributed by atoms with E-state index in [0.29, 0.717) is 0 Å². The maximum Gasteiger partial charge on any atom is 0.416 e. The lowest BCUT2D eigenvalue weighted by molar-refractivity contribution is 0.196. The van der Waals surface area contributed by atoms with E-state index in [4.69, 9.17) is 5.11 Å². The Hall–Kier alpha value is -1.77. The predicted molar refractivity (Wildman–Crippen MR) is 59.4 cm³/mol. The van der Waals surface area contributed by atoms with Crippen LogP contribution in [0.1, 0.15) is 19.0 Å². The first kappa shape index (κ1) is 9.77. The van der Waals surface area contributed by atoms with Gasteiger partial charge in [-0.15, -0.1) is 0 Å². The summed E-state index contributed by atoms with van der Waals surface area (Å²) in [4.78, 5) is 11.1. The molecule has 3 nitrogen and oxygen atoms in total. The van der Waals surface area contributed by atoms with Crippen LogP contribution in [-0.2, 0) is 6.42 Å². The summed E-state index contributed by atoms with van der Waals surface area (Å²) in [7, 11) is 0. The van der Waals surface area contributed by atoms with Crippen LogP contribution in [0.2, 0.25) is 0 Å². The maximum absolute atomic E-state index is 11.1.